The van der Waals surface area contributed by atoms with Crippen molar-refractivity contribution >= 4 is 0 Å². The summed E-state index contributed by atoms with van der Waals surface area (Å²) in [7, 11) is 0. The maximum atomic E-state index is 8.97. The van der Waals surface area contributed by atoms with Crippen molar-refractivity contribution in [2.45, 2.75) is 63.6 Å². The minimum atomic E-state index is -0.292. The summed E-state index contributed by atoms with van der Waals surface area (Å²) in [4.78, 5) is 0. The topological polar surface area (TPSA) is 42.2 Å². The molecule has 0 aromatic heterocycles. The number of aryl methyl sites for hydroxylation is 1. The first-order chi connectivity index (χ1) is 12.2. The molecular formula is C22H27NO2. The molecule has 4 atom stereocenters. The molecule has 1 saturated heterocycles. The number of benzene rings is 1. The molecule has 0 N–H and O–H groups in total. The van der Waals surface area contributed by atoms with E-state index in [9.17, 15) is 0 Å². The van der Waals surface area contributed by atoms with Gasteiger partial charge in [0.2, 0.25) is 0 Å². The molecule has 1 aromatic rings. The quantitative estimate of drug-likeness (QED) is 0.765. The zero-order chi connectivity index (χ0) is 17.1. The first-order valence-corrected chi connectivity index (χ1v) is 9.93. The Morgan fingerprint density at radius 1 is 1.16 bits per heavy atom. The van der Waals surface area contributed by atoms with Crippen LogP contribution in [0.3, 0.4) is 0 Å². The summed E-state index contributed by atoms with van der Waals surface area (Å²) in [6, 6.07) is 9.08. The molecule has 0 unspecified atom stereocenters. The van der Waals surface area contributed by atoms with Crippen LogP contribution in [0.1, 0.15) is 61.6 Å². The van der Waals surface area contributed by atoms with E-state index in [1.165, 1.54) is 36.8 Å². The van der Waals surface area contributed by atoms with Crippen molar-refractivity contribution < 1.29 is 9.47 Å². The Hall–Kier alpha value is -1.37. The lowest BCUT2D eigenvalue weighted by Gasteiger charge is -2.52. The number of hydrogen-bond donors (Lipinski definition) is 0. The van der Waals surface area contributed by atoms with Gasteiger partial charge in [0.05, 0.1) is 25.7 Å². The molecule has 1 aromatic carbocycles. The highest BCUT2D eigenvalue weighted by molar-refractivity contribution is 5.39. The number of fused-ring (bicyclic) bond motifs is 6. The second kappa shape index (κ2) is 5.56. The van der Waals surface area contributed by atoms with Gasteiger partial charge < -0.3 is 9.47 Å². The lowest BCUT2D eigenvalue weighted by atomic mass is 9.55. The van der Waals surface area contributed by atoms with Crippen molar-refractivity contribution in [2.75, 3.05) is 13.2 Å². The number of nitriles is 1. The van der Waals surface area contributed by atoms with E-state index >= 15 is 0 Å². The van der Waals surface area contributed by atoms with Crippen molar-refractivity contribution in [3.63, 3.8) is 0 Å². The van der Waals surface area contributed by atoms with Crippen LogP contribution in [0.25, 0.3) is 0 Å². The van der Waals surface area contributed by atoms with Crippen LogP contribution in [0.5, 0.6) is 0 Å². The van der Waals surface area contributed by atoms with Crippen LogP contribution in [-0.4, -0.2) is 19.0 Å². The largest absolute Gasteiger partial charge is 0.347 e. The fraction of sp³-hybridized carbons (Fsp3) is 0.682. The molecule has 0 radical (unpaired) electrons. The Kier molecular flexibility index (Phi) is 3.53. The summed E-state index contributed by atoms with van der Waals surface area (Å²) in [5.74, 6) is 1.88. The molecule has 132 valence electrons. The van der Waals surface area contributed by atoms with Gasteiger partial charge in [-0.3, -0.25) is 0 Å². The second-order valence-corrected chi connectivity index (χ2v) is 8.73. The molecule has 5 rings (SSSR count). The van der Waals surface area contributed by atoms with Gasteiger partial charge in [0.25, 0.3) is 0 Å². The summed E-state index contributed by atoms with van der Waals surface area (Å²) in [6.45, 7) is 3.97. The van der Waals surface area contributed by atoms with Crippen molar-refractivity contribution in [1.29, 1.82) is 5.26 Å². The zero-order valence-electron chi connectivity index (χ0n) is 15.1. The van der Waals surface area contributed by atoms with Crippen LogP contribution in [0.2, 0.25) is 0 Å². The predicted octanol–water partition coefficient (Wildman–Crippen LogP) is 4.35. The van der Waals surface area contributed by atoms with Crippen LogP contribution >= 0.6 is 0 Å². The highest BCUT2D eigenvalue weighted by Crippen LogP contribution is 2.66. The van der Waals surface area contributed by atoms with E-state index in [-0.39, 0.29) is 11.2 Å². The molecular weight excluding hydrogens is 310 g/mol. The third kappa shape index (κ3) is 2.11. The summed E-state index contributed by atoms with van der Waals surface area (Å²) >= 11 is 0. The Morgan fingerprint density at radius 2 is 2.00 bits per heavy atom. The highest BCUT2D eigenvalue weighted by Gasteiger charge is 2.64. The lowest BCUT2D eigenvalue weighted by molar-refractivity contribution is -0.237. The summed E-state index contributed by atoms with van der Waals surface area (Å²) in [5, 5.41) is 8.97. The highest BCUT2D eigenvalue weighted by atomic mass is 16.7. The molecule has 0 amide bonds. The zero-order valence-corrected chi connectivity index (χ0v) is 15.1. The van der Waals surface area contributed by atoms with Gasteiger partial charge in [-0.25, -0.2) is 0 Å². The molecule has 25 heavy (non-hydrogen) atoms. The monoisotopic (exact) mass is 337 g/mol. The standard InChI is InChI=1S/C22H27NO2/c1-21-9-6-18-17-4-2-15(8-11-23)14-16(17)3-5-19(18)20(21)7-10-22(21)24-12-13-25-22/h2,4,14,18-20H,3,5-10,12-13H2,1H3/t18-,19-,20+,21+/m1/s1. The minimum absolute atomic E-state index is 0.183. The number of rotatable bonds is 1. The van der Waals surface area contributed by atoms with E-state index in [0.717, 1.165) is 37.9 Å². The molecule has 1 spiro atoms. The normalized spacial score (nSPS) is 38.0. The van der Waals surface area contributed by atoms with Gasteiger partial charge >= 0.3 is 0 Å². The molecule has 4 aliphatic rings. The lowest BCUT2D eigenvalue weighted by Crippen LogP contribution is -2.51. The fourth-order valence-electron chi connectivity index (χ4n) is 6.72. The van der Waals surface area contributed by atoms with Gasteiger partial charge in [0.1, 0.15) is 0 Å². The van der Waals surface area contributed by atoms with Gasteiger partial charge in [-0.2, -0.15) is 5.26 Å². The van der Waals surface area contributed by atoms with Crippen molar-refractivity contribution in [3.8, 4) is 6.07 Å². The Morgan fingerprint density at radius 3 is 2.80 bits per heavy atom. The summed E-state index contributed by atoms with van der Waals surface area (Å²) in [5.41, 5.74) is 4.42. The smallest absolute Gasteiger partial charge is 0.174 e. The number of ether oxygens (including phenoxy) is 2. The van der Waals surface area contributed by atoms with Crippen molar-refractivity contribution in [1.82, 2.24) is 0 Å². The van der Waals surface area contributed by atoms with E-state index in [1.54, 1.807) is 5.56 Å². The van der Waals surface area contributed by atoms with Gasteiger partial charge in [0, 0.05) is 11.8 Å². The number of hydrogen-bond acceptors (Lipinski definition) is 3. The summed E-state index contributed by atoms with van der Waals surface area (Å²) in [6.07, 6.45) is 7.75. The van der Waals surface area contributed by atoms with Crippen molar-refractivity contribution in [2.24, 2.45) is 17.3 Å². The molecule has 3 aliphatic carbocycles. The first kappa shape index (κ1) is 15.9. The average Bonchev–Trinajstić information content (AvgIpc) is 3.21. The SMILES string of the molecule is C[C@]12CC[C@@H]3c4ccc(CC#N)cc4CC[C@H]3[C@@H]1CCC21OCCO1. The third-order valence-corrected chi connectivity index (χ3v) is 7.87. The minimum Gasteiger partial charge on any atom is -0.347 e. The molecule has 2 saturated carbocycles. The van der Waals surface area contributed by atoms with Crippen molar-refractivity contribution in [3.05, 3.63) is 34.9 Å². The third-order valence-electron chi connectivity index (χ3n) is 7.87. The predicted molar refractivity (Wildman–Crippen MR) is 95.0 cm³/mol. The molecule has 3 nitrogen and oxygen atoms in total. The van der Waals surface area contributed by atoms with Gasteiger partial charge in [-0.15, -0.1) is 0 Å². The van der Waals surface area contributed by atoms with Crippen LogP contribution in [0.15, 0.2) is 18.2 Å². The molecule has 1 aliphatic heterocycles. The average molecular weight is 337 g/mol. The maximum Gasteiger partial charge on any atom is 0.174 e. The van der Waals surface area contributed by atoms with E-state index in [1.807, 2.05) is 0 Å². The van der Waals surface area contributed by atoms with Gasteiger partial charge in [0.15, 0.2) is 5.79 Å². The maximum absolute atomic E-state index is 8.97. The number of nitrogens with zero attached hydrogens (tertiary/aromatic N) is 1. The van der Waals surface area contributed by atoms with Crippen LogP contribution < -0.4 is 0 Å². The van der Waals surface area contributed by atoms with E-state index in [2.05, 4.69) is 31.2 Å². The van der Waals surface area contributed by atoms with Crippen LogP contribution in [0, 0.1) is 28.6 Å². The fourth-order valence-corrected chi connectivity index (χ4v) is 6.72. The van der Waals surface area contributed by atoms with E-state index < -0.39 is 0 Å². The van der Waals surface area contributed by atoms with Crippen LogP contribution in [-0.2, 0) is 22.3 Å². The first-order valence-electron chi connectivity index (χ1n) is 9.93. The Bertz CT molecular complexity index is 730. The van der Waals surface area contributed by atoms with E-state index in [0.29, 0.717) is 12.3 Å². The summed E-state index contributed by atoms with van der Waals surface area (Å²) < 4.78 is 12.4. The molecule has 3 fully saturated rings. The van der Waals surface area contributed by atoms with E-state index in [4.69, 9.17) is 14.7 Å². The molecule has 1 heterocycles. The Labute approximate surface area is 150 Å². The second-order valence-electron chi connectivity index (χ2n) is 8.73. The van der Waals surface area contributed by atoms with Gasteiger partial charge in [-0.1, -0.05) is 25.1 Å². The van der Waals surface area contributed by atoms with Crippen LogP contribution in [0.4, 0.5) is 0 Å². The van der Waals surface area contributed by atoms with Gasteiger partial charge in [-0.05, 0) is 66.5 Å². The molecule has 3 heteroatoms. The molecule has 0 bridgehead atoms. The Balaban J connectivity index is 1.47.